The van der Waals surface area contributed by atoms with E-state index in [9.17, 15) is 4.79 Å². The summed E-state index contributed by atoms with van der Waals surface area (Å²) >= 11 is 0. The third-order valence-electron chi connectivity index (χ3n) is 4.58. The van der Waals surface area contributed by atoms with Crippen LogP contribution in [0, 0.1) is 0 Å². The highest BCUT2D eigenvalue weighted by molar-refractivity contribution is 6.74. The van der Waals surface area contributed by atoms with Gasteiger partial charge in [0.2, 0.25) is 0 Å². The zero-order valence-electron chi connectivity index (χ0n) is 15.5. The average Bonchev–Trinajstić information content (AvgIpc) is 2.46. The first-order chi connectivity index (χ1) is 10.6. The highest BCUT2D eigenvalue weighted by Crippen LogP contribution is 2.37. The molecule has 0 aliphatic heterocycles. The van der Waals surface area contributed by atoms with Crippen LogP contribution in [0.25, 0.3) is 0 Å². The topological polar surface area (TPSA) is 47.6 Å². The van der Waals surface area contributed by atoms with Gasteiger partial charge in [-0.1, -0.05) is 51.1 Å². The van der Waals surface area contributed by atoms with Crippen LogP contribution in [0.15, 0.2) is 30.3 Å². The fourth-order valence-electron chi connectivity index (χ4n) is 2.10. The lowest BCUT2D eigenvalue weighted by atomic mass is 10.1. The molecule has 0 radical (unpaired) electrons. The number of benzene rings is 1. The maximum atomic E-state index is 12.2. The van der Waals surface area contributed by atoms with Crippen molar-refractivity contribution in [3.63, 3.8) is 0 Å². The van der Waals surface area contributed by atoms with E-state index in [1.165, 1.54) is 7.11 Å². The predicted octanol–water partition coefficient (Wildman–Crippen LogP) is 3.73. The summed E-state index contributed by atoms with van der Waals surface area (Å²) in [5.74, 6) is -0.285. The van der Waals surface area contributed by atoms with E-state index in [-0.39, 0.29) is 17.1 Å². The number of rotatable bonds is 7. The number of carbonyl (C=O) groups excluding carboxylic acids is 1. The maximum Gasteiger partial charge on any atom is 0.325 e. The van der Waals surface area contributed by atoms with Crippen LogP contribution >= 0.6 is 0 Å². The van der Waals surface area contributed by atoms with Gasteiger partial charge in [0.1, 0.15) is 6.04 Å². The molecular weight excluding hydrogens is 306 g/mol. The van der Waals surface area contributed by atoms with Crippen LogP contribution < -0.4 is 5.32 Å². The smallest absolute Gasteiger partial charge is 0.325 e. The first-order valence-corrected chi connectivity index (χ1v) is 11.0. The van der Waals surface area contributed by atoms with E-state index < -0.39 is 14.4 Å². The van der Waals surface area contributed by atoms with Crippen molar-refractivity contribution in [3.8, 4) is 0 Å². The van der Waals surface area contributed by atoms with Gasteiger partial charge in [-0.3, -0.25) is 10.1 Å². The summed E-state index contributed by atoms with van der Waals surface area (Å²) in [4.78, 5) is 12.2. The summed E-state index contributed by atoms with van der Waals surface area (Å²) in [6, 6.07) is 9.53. The Hall–Kier alpha value is -1.17. The molecule has 1 N–H and O–H groups in total. The Labute approximate surface area is 141 Å². The minimum Gasteiger partial charge on any atom is -0.468 e. The Morgan fingerprint density at radius 3 is 2.26 bits per heavy atom. The van der Waals surface area contributed by atoms with E-state index in [1.807, 2.05) is 37.3 Å². The van der Waals surface area contributed by atoms with Crippen LogP contribution in [0.2, 0.25) is 18.1 Å². The number of nitrogens with one attached hydrogen (secondary N) is 1. The van der Waals surface area contributed by atoms with Gasteiger partial charge in [-0.05, 0) is 30.6 Å². The molecule has 0 heterocycles. The molecule has 0 amide bonds. The second-order valence-corrected chi connectivity index (χ2v) is 12.2. The van der Waals surface area contributed by atoms with Crippen LogP contribution in [0.1, 0.15) is 33.3 Å². The molecule has 2 atom stereocenters. The van der Waals surface area contributed by atoms with Crippen molar-refractivity contribution in [2.24, 2.45) is 0 Å². The average molecular weight is 338 g/mol. The van der Waals surface area contributed by atoms with Gasteiger partial charge in [0.05, 0.1) is 13.2 Å². The van der Waals surface area contributed by atoms with Gasteiger partial charge in [0, 0.05) is 6.54 Å². The van der Waals surface area contributed by atoms with Gasteiger partial charge < -0.3 is 9.16 Å². The molecule has 5 heteroatoms. The van der Waals surface area contributed by atoms with Gasteiger partial charge in [-0.2, -0.15) is 0 Å². The standard InChI is InChI=1S/C18H31NO3Si/c1-14(22-23(6,7)18(2,3)4)16(17(20)21-5)19-13-15-11-9-8-10-12-15/h8-12,14,16,19H,13H2,1-7H3/t14-,16+/m1/s1. The maximum absolute atomic E-state index is 12.2. The molecule has 0 fully saturated rings. The number of esters is 1. The molecule has 0 saturated heterocycles. The number of ether oxygens (including phenoxy) is 1. The molecule has 0 saturated carbocycles. The number of methoxy groups -OCH3 is 1. The molecule has 23 heavy (non-hydrogen) atoms. The highest BCUT2D eigenvalue weighted by Gasteiger charge is 2.41. The minimum atomic E-state index is -1.95. The zero-order valence-corrected chi connectivity index (χ0v) is 16.5. The van der Waals surface area contributed by atoms with Crippen LogP contribution in [-0.2, 0) is 20.5 Å². The van der Waals surface area contributed by atoms with Gasteiger partial charge in [-0.15, -0.1) is 0 Å². The Morgan fingerprint density at radius 1 is 1.22 bits per heavy atom. The molecule has 0 aliphatic rings. The van der Waals surface area contributed by atoms with E-state index in [4.69, 9.17) is 9.16 Å². The summed E-state index contributed by atoms with van der Waals surface area (Å²) in [6.07, 6.45) is -0.243. The Balaban J connectivity index is 2.79. The SMILES string of the molecule is COC(=O)[C@@H](NCc1ccccc1)[C@@H](C)O[Si](C)(C)C(C)(C)C. The van der Waals surface area contributed by atoms with Crippen molar-refractivity contribution in [2.75, 3.05) is 7.11 Å². The Morgan fingerprint density at radius 2 is 1.78 bits per heavy atom. The van der Waals surface area contributed by atoms with Crippen molar-refractivity contribution in [2.45, 2.75) is 64.5 Å². The van der Waals surface area contributed by atoms with Crippen molar-refractivity contribution in [1.82, 2.24) is 5.32 Å². The Kier molecular flexibility index (Phi) is 6.98. The van der Waals surface area contributed by atoms with Crippen molar-refractivity contribution < 1.29 is 14.0 Å². The van der Waals surface area contributed by atoms with E-state index in [1.54, 1.807) is 0 Å². The van der Waals surface area contributed by atoms with Crippen molar-refractivity contribution in [1.29, 1.82) is 0 Å². The molecular formula is C18H31NO3Si. The third kappa shape index (κ3) is 5.75. The van der Waals surface area contributed by atoms with Crippen molar-refractivity contribution >= 4 is 14.3 Å². The fraction of sp³-hybridized carbons (Fsp3) is 0.611. The molecule has 0 spiro atoms. The van der Waals surface area contributed by atoms with Crippen molar-refractivity contribution in [3.05, 3.63) is 35.9 Å². The molecule has 0 aromatic heterocycles. The van der Waals surface area contributed by atoms with Crippen LogP contribution in [0.4, 0.5) is 0 Å². The first kappa shape index (κ1) is 19.9. The predicted molar refractivity (Wildman–Crippen MR) is 96.8 cm³/mol. The van der Waals surface area contributed by atoms with Crippen LogP contribution in [-0.4, -0.2) is 33.5 Å². The monoisotopic (exact) mass is 337 g/mol. The van der Waals surface area contributed by atoms with Gasteiger partial charge in [-0.25, -0.2) is 0 Å². The van der Waals surface area contributed by atoms with E-state index in [2.05, 4.69) is 39.2 Å². The summed E-state index contributed by atoms with van der Waals surface area (Å²) in [6.45, 7) is 13.5. The second kappa shape index (κ2) is 8.08. The second-order valence-electron chi connectivity index (χ2n) is 7.45. The first-order valence-electron chi connectivity index (χ1n) is 8.11. The van der Waals surface area contributed by atoms with Crippen LogP contribution in [0.3, 0.4) is 0 Å². The van der Waals surface area contributed by atoms with Gasteiger partial charge in [0.25, 0.3) is 0 Å². The highest BCUT2D eigenvalue weighted by atomic mass is 28.4. The molecule has 0 bridgehead atoms. The summed E-state index contributed by atoms with van der Waals surface area (Å²) in [5.41, 5.74) is 1.13. The number of hydrogen-bond acceptors (Lipinski definition) is 4. The molecule has 4 nitrogen and oxygen atoms in total. The quantitative estimate of drug-likeness (QED) is 0.608. The fourth-order valence-corrected chi connectivity index (χ4v) is 3.52. The molecule has 0 unspecified atom stereocenters. The van der Waals surface area contributed by atoms with E-state index in [0.29, 0.717) is 6.54 Å². The zero-order chi connectivity index (χ0) is 17.7. The molecule has 1 aromatic carbocycles. The van der Waals surface area contributed by atoms with Crippen LogP contribution in [0.5, 0.6) is 0 Å². The molecule has 130 valence electrons. The van der Waals surface area contributed by atoms with E-state index in [0.717, 1.165) is 5.56 Å². The molecule has 1 aromatic rings. The number of carbonyl (C=O) groups is 1. The summed E-state index contributed by atoms with van der Waals surface area (Å²) in [5, 5.41) is 3.38. The normalized spacial score (nSPS) is 15.1. The minimum absolute atomic E-state index is 0.0986. The third-order valence-corrected chi connectivity index (χ3v) is 9.15. The summed E-state index contributed by atoms with van der Waals surface area (Å²) in [7, 11) is -0.530. The van der Waals surface area contributed by atoms with E-state index >= 15 is 0 Å². The van der Waals surface area contributed by atoms with Gasteiger partial charge >= 0.3 is 5.97 Å². The lowest BCUT2D eigenvalue weighted by Crippen LogP contribution is -2.52. The Bertz CT molecular complexity index is 497. The summed E-state index contributed by atoms with van der Waals surface area (Å²) < 4.78 is 11.3. The lowest BCUT2D eigenvalue weighted by Gasteiger charge is -2.40. The van der Waals surface area contributed by atoms with Gasteiger partial charge in [0.15, 0.2) is 8.32 Å². The largest absolute Gasteiger partial charge is 0.468 e. The lowest BCUT2D eigenvalue weighted by molar-refractivity contribution is -0.145. The molecule has 1 rings (SSSR count). The number of hydrogen-bond donors (Lipinski definition) is 1. The molecule has 0 aliphatic carbocycles.